The summed E-state index contributed by atoms with van der Waals surface area (Å²) in [4.78, 5) is 45.9. The van der Waals surface area contributed by atoms with Crippen molar-refractivity contribution in [2.45, 2.75) is 0 Å². The van der Waals surface area contributed by atoms with Crippen LogP contribution in [0.4, 0.5) is 11.4 Å². The molecule has 0 bridgehead atoms. The van der Waals surface area contributed by atoms with Crippen LogP contribution in [0.5, 0.6) is 0 Å². The van der Waals surface area contributed by atoms with Crippen LogP contribution < -0.4 is 10.3 Å². The number of carbonyl (C=O) groups is 4. The third kappa shape index (κ3) is 2.29. The number of nitrogens with one attached hydrogen (secondary N) is 2. The number of rotatable bonds is 3. The van der Waals surface area contributed by atoms with Gasteiger partial charge < -0.3 is 19.9 Å². The maximum Gasteiger partial charge on any atom is 0.347 e. The lowest BCUT2D eigenvalue weighted by Gasteiger charge is -2.31. The Hall–Kier alpha value is -3.44. The van der Waals surface area contributed by atoms with Crippen LogP contribution in [0.2, 0.25) is 0 Å². The van der Waals surface area contributed by atoms with E-state index in [1.807, 2.05) is 0 Å². The fraction of sp³-hybridized carbons (Fsp3) is 0. The van der Waals surface area contributed by atoms with E-state index >= 15 is 0 Å². The Morgan fingerprint density at radius 1 is 0.577 bits per heavy atom. The summed E-state index contributed by atoms with van der Waals surface area (Å²) in [5.74, 6) is -3.44. The van der Waals surface area contributed by atoms with Crippen LogP contribution in [0.15, 0.2) is 36.4 Å². The highest BCUT2D eigenvalue weighted by Crippen LogP contribution is 2.23. The number of cyclic esters (lactones) is 4. The molecule has 0 amide bonds. The minimum atomic E-state index is -0.947. The lowest BCUT2D eigenvalue weighted by atomic mass is 10.1. The van der Waals surface area contributed by atoms with Gasteiger partial charge in [0.25, 0.3) is 0 Å². The van der Waals surface area contributed by atoms with Crippen LogP contribution in [0.3, 0.4) is 0 Å². The van der Waals surface area contributed by atoms with Crippen molar-refractivity contribution in [3.05, 3.63) is 69.1 Å². The number of quaternary nitrogens is 2. The molecule has 0 fully saturated rings. The molecular weight excluding hydrogens is 348 g/mol. The molecule has 0 saturated carbocycles. The maximum absolute atomic E-state index is 12.4. The molecule has 2 aliphatic rings. The highest BCUT2D eigenvalue weighted by atomic mass is 16.7. The van der Waals surface area contributed by atoms with E-state index in [1.165, 1.54) is 24.3 Å². The second-order valence-electron chi connectivity index (χ2n) is 5.53. The molecule has 4 rings (SSSR count). The van der Waals surface area contributed by atoms with Gasteiger partial charge in [-0.3, -0.25) is 0 Å². The molecule has 10 heteroatoms. The summed E-state index contributed by atoms with van der Waals surface area (Å²) in [6.07, 6.45) is 0. The highest BCUT2D eigenvalue weighted by molar-refractivity contribution is 6.15. The Bertz CT molecular complexity index is 934. The summed E-state index contributed by atoms with van der Waals surface area (Å²) in [6, 6.07) is 7.11. The molecule has 2 aliphatic heterocycles. The minimum absolute atomic E-state index is 0.0118. The van der Waals surface area contributed by atoms with E-state index in [9.17, 15) is 29.6 Å². The van der Waals surface area contributed by atoms with Gasteiger partial charge in [0.1, 0.15) is 0 Å². The van der Waals surface area contributed by atoms with Crippen LogP contribution in [0.1, 0.15) is 41.4 Å². The lowest BCUT2D eigenvalue weighted by Crippen LogP contribution is -3.51. The molecule has 130 valence electrons. The molecule has 26 heavy (non-hydrogen) atoms. The van der Waals surface area contributed by atoms with Crippen LogP contribution in [-0.4, -0.2) is 23.9 Å². The van der Waals surface area contributed by atoms with Crippen molar-refractivity contribution in [1.82, 2.24) is 0 Å². The van der Waals surface area contributed by atoms with Gasteiger partial charge in [0.15, 0.2) is 11.4 Å². The molecule has 0 aromatic heterocycles. The standard InChI is InChI=1S/C16H8N2O8/c19-13-9-3-1-7(5-11(9)15(21)25-13)17(23)18(24)8-2-4-10-12(6-8)16(22)26-14(10)20/h1-6,17-18H. The lowest BCUT2D eigenvalue weighted by molar-refractivity contribution is -1.40. The topological polar surface area (TPSA) is 142 Å². The fourth-order valence-corrected chi connectivity index (χ4v) is 2.72. The van der Waals surface area contributed by atoms with Gasteiger partial charge in [-0.15, -0.1) is 0 Å². The van der Waals surface area contributed by atoms with Gasteiger partial charge >= 0.3 is 23.9 Å². The molecule has 2 heterocycles. The molecule has 2 aromatic rings. The Morgan fingerprint density at radius 2 is 0.923 bits per heavy atom. The molecule has 2 aromatic carbocycles. The first kappa shape index (κ1) is 16.1. The van der Waals surface area contributed by atoms with Crippen molar-refractivity contribution >= 4 is 35.3 Å². The number of esters is 4. The van der Waals surface area contributed by atoms with E-state index in [1.54, 1.807) is 0 Å². The zero-order valence-electron chi connectivity index (χ0n) is 12.7. The summed E-state index contributed by atoms with van der Waals surface area (Å²) in [7, 11) is 0. The average Bonchev–Trinajstić information content (AvgIpc) is 3.09. The monoisotopic (exact) mass is 356 g/mol. The van der Waals surface area contributed by atoms with Crippen molar-refractivity contribution in [2.75, 3.05) is 0 Å². The van der Waals surface area contributed by atoms with Crippen LogP contribution in [0.25, 0.3) is 0 Å². The zero-order valence-corrected chi connectivity index (χ0v) is 12.7. The number of benzene rings is 2. The van der Waals surface area contributed by atoms with Crippen molar-refractivity contribution in [2.24, 2.45) is 0 Å². The molecule has 2 unspecified atom stereocenters. The summed E-state index contributed by atoms with van der Waals surface area (Å²) in [5.41, 5.74) is -0.400. The van der Waals surface area contributed by atoms with E-state index < -0.39 is 34.2 Å². The summed E-state index contributed by atoms with van der Waals surface area (Å²) in [6.45, 7) is 0. The molecule has 2 atom stereocenters. The first-order valence-corrected chi connectivity index (χ1v) is 7.27. The molecule has 0 saturated heterocycles. The third-order valence-electron chi connectivity index (χ3n) is 4.02. The van der Waals surface area contributed by atoms with Crippen molar-refractivity contribution < 1.29 is 39.0 Å². The van der Waals surface area contributed by atoms with E-state index in [4.69, 9.17) is 0 Å². The van der Waals surface area contributed by atoms with Gasteiger partial charge in [-0.1, -0.05) is 0 Å². The predicted octanol–water partition coefficient (Wildman–Crippen LogP) is -1.05. The predicted molar refractivity (Wildman–Crippen MR) is 80.4 cm³/mol. The van der Waals surface area contributed by atoms with Crippen molar-refractivity contribution in [3.63, 3.8) is 0 Å². The summed E-state index contributed by atoms with van der Waals surface area (Å²) in [5, 5.41) is 22.9. The van der Waals surface area contributed by atoms with Gasteiger partial charge in [0.2, 0.25) is 0 Å². The Labute approximate surface area is 144 Å². The van der Waals surface area contributed by atoms with E-state index in [2.05, 4.69) is 9.47 Å². The minimum Gasteiger partial charge on any atom is -0.578 e. The van der Waals surface area contributed by atoms with Crippen molar-refractivity contribution in [3.8, 4) is 0 Å². The van der Waals surface area contributed by atoms with Crippen molar-refractivity contribution in [1.29, 1.82) is 0 Å². The highest BCUT2D eigenvalue weighted by Gasteiger charge is 2.33. The fourth-order valence-electron chi connectivity index (χ4n) is 2.72. The second kappa shape index (κ2) is 5.54. The van der Waals surface area contributed by atoms with Gasteiger partial charge in [0.05, 0.1) is 22.3 Å². The Kier molecular flexibility index (Phi) is 3.42. The number of hydrogen-bond acceptors (Lipinski definition) is 8. The van der Waals surface area contributed by atoms with Gasteiger partial charge in [-0.25, -0.2) is 19.2 Å². The number of ether oxygens (including phenoxy) is 2. The summed E-state index contributed by atoms with van der Waals surface area (Å²) < 4.78 is 8.85. The first-order valence-electron chi connectivity index (χ1n) is 7.27. The molecular formula is C16H8N2O8. The molecule has 0 aliphatic carbocycles. The van der Waals surface area contributed by atoms with Gasteiger partial charge in [-0.05, 0) is 12.1 Å². The zero-order chi connectivity index (χ0) is 18.6. The molecule has 2 N–H and O–H groups in total. The number of hydrogen-bond donors (Lipinski definition) is 2. The van der Waals surface area contributed by atoms with E-state index in [0.29, 0.717) is 0 Å². The normalized spacial score (nSPS) is 17.5. The second-order valence-corrected chi connectivity index (χ2v) is 5.53. The van der Waals surface area contributed by atoms with Crippen LogP contribution in [-0.2, 0) is 9.47 Å². The Morgan fingerprint density at radius 3 is 1.31 bits per heavy atom. The van der Waals surface area contributed by atoms with Crippen LogP contribution in [0, 0.1) is 10.4 Å². The smallest absolute Gasteiger partial charge is 0.347 e. The number of carbonyl (C=O) groups excluding carboxylic acids is 4. The summed E-state index contributed by atoms with van der Waals surface area (Å²) >= 11 is 0. The first-order chi connectivity index (χ1) is 12.4. The molecule has 0 radical (unpaired) electrons. The maximum atomic E-state index is 12.4. The quantitative estimate of drug-likeness (QED) is 0.403. The van der Waals surface area contributed by atoms with E-state index in [0.717, 1.165) is 12.1 Å². The number of fused-ring (bicyclic) bond motifs is 2. The van der Waals surface area contributed by atoms with E-state index in [-0.39, 0.29) is 33.6 Å². The molecule has 10 nitrogen and oxygen atoms in total. The third-order valence-corrected chi connectivity index (χ3v) is 4.02. The molecule has 0 spiro atoms. The Balaban J connectivity index is 1.66. The van der Waals surface area contributed by atoms with Gasteiger partial charge in [-0.2, -0.15) is 10.3 Å². The average molecular weight is 356 g/mol. The van der Waals surface area contributed by atoms with Crippen LogP contribution >= 0.6 is 0 Å². The largest absolute Gasteiger partial charge is 0.578 e. The van der Waals surface area contributed by atoms with Gasteiger partial charge in [0, 0.05) is 24.3 Å². The SMILES string of the molecule is O=C1OC(=O)c2cc([NH+]([O-])[NH+]([O-])c3ccc4c(c3)C(=O)OC4=O)ccc21.